The summed E-state index contributed by atoms with van der Waals surface area (Å²) < 4.78 is 0. The van der Waals surface area contributed by atoms with Crippen molar-refractivity contribution in [3.8, 4) is 0 Å². The summed E-state index contributed by atoms with van der Waals surface area (Å²) in [6.07, 6.45) is 3.05. The first-order chi connectivity index (χ1) is 10.7. The second kappa shape index (κ2) is 6.82. The van der Waals surface area contributed by atoms with Crippen molar-refractivity contribution in [2.45, 2.75) is 26.2 Å². The monoisotopic (exact) mass is 295 g/mol. The zero-order chi connectivity index (χ0) is 15.4. The van der Waals surface area contributed by atoms with E-state index in [9.17, 15) is 0 Å². The summed E-state index contributed by atoms with van der Waals surface area (Å²) in [5, 5.41) is 0. The first-order valence-electron chi connectivity index (χ1n) is 8.25. The molecule has 0 N–H and O–H groups in total. The standard InChI is InChI=1S/C19H25N3/c1-16(2)17-7-9-18(10-8-17)21-12-5-13-22(15-14-21)19-6-3-4-11-20-19/h3-4,6-11,16H,5,12-15H2,1-2H3. The molecule has 0 saturated carbocycles. The normalized spacial score (nSPS) is 16.0. The smallest absolute Gasteiger partial charge is 0.128 e. The van der Waals surface area contributed by atoms with E-state index >= 15 is 0 Å². The van der Waals surface area contributed by atoms with Crippen molar-refractivity contribution >= 4 is 11.5 Å². The van der Waals surface area contributed by atoms with E-state index in [2.05, 4.69) is 65.0 Å². The lowest BCUT2D eigenvalue weighted by Crippen LogP contribution is -2.31. The van der Waals surface area contributed by atoms with Crippen molar-refractivity contribution in [3.05, 3.63) is 54.2 Å². The molecule has 3 heteroatoms. The molecule has 0 amide bonds. The fourth-order valence-electron chi connectivity index (χ4n) is 3.02. The Morgan fingerprint density at radius 2 is 1.59 bits per heavy atom. The molecule has 1 aromatic heterocycles. The summed E-state index contributed by atoms with van der Waals surface area (Å²) in [5.41, 5.74) is 2.75. The minimum atomic E-state index is 0.595. The second-order valence-corrected chi connectivity index (χ2v) is 6.26. The van der Waals surface area contributed by atoms with Gasteiger partial charge in [0.25, 0.3) is 0 Å². The zero-order valence-electron chi connectivity index (χ0n) is 13.6. The number of hydrogen-bond donors (Lipinski definition) is 0. The van der Waals surface area contributed by atoms with Gasteiger partial charge in [-0.1, -0.05) is 32.0 Å². The van der Waals surface area contributed by atoms with Gasteiger partial charge in [-0.3, -0.25) is 0 Å². The van der Waals surface area contributed by atoms with Crippen molar-refractivity contribution in [1.82, 2.24) is 4.98 Å². The van der Waals surface area contributed by atoms with E-state index in [1.807, 2.05) is 12.3 Å². The highest BCUT2D eigenvalue weighted by molar-refractivity contribution is 5.49. The predicted molar refractivity (Wildman–Crippen MR) is 93.8 cm³/mol. The number of rotatable bonds is 3. The van der Waals surface area contributed by atoms with Crippen LogP contribution < -0.4 is 9.80 Å². The van der Waals surface area contributed by atoms with Crippen LogP contribution in [0.5, 0.6) is 0 Å². The maximum atomic E-state index is 4.48. The van der Waals surface area contributed by atoms with Crippen LogP contribution in [0.2, 0.25) is 0 Å². The Labute approximate surface area is 133 Å². The van der Waals surface area contributed by atoms with Gasteiger partial charge in [0.15, 0.2) is 0 Å². The molecule has 1 aliphatic rings. The van der Waals surface area contributed by atoms with E-state index in [0.717, 1.165) is 32.0 Å². The second-order valence-electron chi connectivity index (χ2n) is 6.26. The molecule has 0 bridgehead atoms. The van der Waals surface area contributed by atoms with E-state index < -0.39 is 0 Å². The highest BCUT2D eigenvalue weighted by Gasteiger charge is 2.16. The van der Waals surface area contributed by atoms with E-state index in [4.69, 9.17) is 0 Å². The Bertz CT molecular complexity index is 577. The van der Waals surface area contributed by atoms with Crippen molar-refractivity contribution in [1.29, 1.82) is 0 Å². The molecule has 0 unspecified atom stereocenters. The predicted octanol–water partition coefficient (Wildman–Crippen LogP) is 3.92. The van der Waals surface area contributed by atoms with Gasteiger partial charge >= 0.3 is 0 Å². The van der Waals surface area contributed by atoms with Gasteiger partial charge in [-0.05, 0) is 42.2 Å². The molecule has 1 fully saturated rings. The summed E-state index contributed by atoms with van der Waals surface area (Å²) in [7, 11) is 0. The summed E-state index contributed by atoms with van der Waals surface area (Å²) >= 11 is 0. The number of benzene rings is 1. The number of aromatic nitrogens is 1. The van der Waals surface area contributed by atoms with Gasteiger partial charge in [-0.2, -0.15) is 0 Å². The fraction of sp³-hybridized carbons (Fsp3) is 0.421. The van der Waals surface area contributed by atoms with Gasteiger partial charge < -0.3 is 9.80 Å². The lowest BCUT2D eigenvalue weighted by atomic mass is 10.0. The quantitative estimate of drug-likeness (QED) is 0.855. The van der Waals surface area contributed by atoms with Crippen LogP contribution >= 0.6 is 0 Å². The number of anilines is 2. The molecule has 2 aromatic rings. The van der Waals surface area contributed by atoms with Crippen molar-refractivity contribution in [3.63, 3.8) is 0 Å². The molecule has 2 heterocycles. The molecule has 116 valence electrons. The summed E-state index contributed by atoms with van der Waals surface area (Å²) in [6, 6.07) is 15.2. The third-order valence-electron chi connectivity index (χ3n) is 4.39. The van der Waals surface area contributed by atoms with E-state index in [1.165, 1.54) is 17.7 Å². The first-order valence-corrected chi connectivity index (χ1v) is 8.25. The van der Waals surface area contributed by atoms with Crippen molar-refractivity contribution < 1.29 is 0 Å². The van der Waals surface area contributed by atoms with Gasteiger partial charge in [-0.15, -0.1) is 0 Å². The third-order valence-corrected chi connectivity index (χ3v) is 4.39. The lowest BCUT2D eigenvalue weighted by molar-refractivity contribution is 0.797. The average Bonchev–Trinajstić information content (AvgIpc) is 2.82. The molecule has 0 atom stereocenters. The van der Waals surface area contributed by atoms with Gasteiger partial charge in [-0.25, -0.2) is 4.98 Å². The maximum Gasteiger partial charge on any atom is 0.128 e. The highest BCUT2D eigenvalue weighted by atomic mass is 15.2. The largest absolute Gasteiger partial charge is 0.370 e. The molecule has 3 rings (SSSR count). The summed E-state index contributed by atoms with van der Waals surface area (Å²) in [6.45, 7) is 8.76. The third kappa shape index (κ3) is 3.41. The van der Waals surface area contributed by atoms with Crippen LogP contribution in [0.1, 0.15) is 31.7 Å². The zero-order valence-corrected chi connectivity index (χ0v) is 13.6. The number of pyridine rings is 1. The Balaban J connectivity index is 1.67. The van der Waals surface area contributed by atoms with E-state index in [1.54, 1.807) is 0 Å². The maximum absolute atomic E-state index is 4.48. The molecule has 1 aromatic carbocycles. The first kappa shape index (κ1) is 14.9. The summed E-state index contributed by atoms with van der Waals surface area (Å²) in [5.74, 6) is 1.69. The molecule has 1 aliphatic heterocycles. The molecular formula is C19H25N3. The molecular weight excluding hydrogens is 270 g/mol. The van der Waals surface area contributed by atoms with E-state index in [0.29, 0.717) is 5.92 Å². The van der Waals surface area contributed by atoms with Gasteiger partial charge in [0, 0.05) is 38.1 Å². The Morgan fingerprint density at radius 3 is 2.27 bits per heavy atom. The molecule has 22 heavy (non-hydrogen) atoms. The fourth-order valence-corrected chi connectivity index (χ4v) is 3.02. The number of nitrogens with zero attached hydrogens (tertiary/aromatic N) is 3. The highest BCUT2D eigenvalue weighted by Crippen LogP contribution is 2.22. The molecule has 0 radical (unpaired) electrons. The minimum Gasteiger partial charge on any atom is -0.370 e. The lowest BCUT2D eigenvalue weighted by Gasteiger charge is -2.24. The summed E-state index contributed by atoms with van der Waals surface area (Å²) in [4.78, 5) is 9.36. The van der Waals surface area contributed by atoms with Crippen molar-refractivity contribution in [2.75, 3.05) is 36.0 Å². The molecule has 3 nitrogen and oxygen atoms in total. The Morgan fingerprint density at radius 1 is 0.864 bits per heavy atom. The minimum absolute atomic E-state index is 0.595. The van der Waals surface area contributed by atoms with E-state index in [-0.39, 0.29) is 0 Å². The molecule has 0 spiro atoms. The van der Waals surface area contributed by atoms with Gasteiger partial charge in [0.05, 0.1) is 0 Å². The van der Waals surface area contributed by atoms with Crippen LogP contribution in [0.15, 0.2) is 48.7 Å². The van der Waals surface area contributed by atoms with Crippen LogP contribution in [0, 0.1) is 0 Å². The van der Waals surface area contributed by atoms with Gasteiger partial charge in [0.2, 0.25) is 0 Å². The van der Waals surface area contributed by atoms with Gasteiger partial charge in [0.1, 0.15) is 5.82 Å². The van der Waals surface area contributed by atoms with Crippen LogP contribution in [-0.4, -0.2) is 31.2 Å². The Kier molecular flexibility index (Phi) is 4.62. The van der Waals surface area contributed by atoms with Crippen LogP contribution in [0.25, 0.3) is 0 Å². The molecule has 1 saturated heterocycles. The molecule has 0 aliphatic carbocycles. The number of hydrogen-bond acceptors (Lipinski definition) is 3. The van der Waals surface area contributed by atoms with Crippen LogP contribution in [0.4, 0.5) is 11.5 Å². The topological polar surface area (TPSA) is 19.4 Å². The van der Waals surface area contributed by atoms with Crippen LogP contribution in [-0.2, 0) is 0 Å². The SMILES string of the molecule is CC(C)c1ccc(N2CCCN(c3ccccn3)CC2)cc1. The Hall–Kier alpha value is -2.03. The van der Waals surface area contributed by atoms with Crippen LogP contribution in [0.3, 0.4) is 0 Å². The van der Waals surface area contributed by atoms with Crippen molar-refractivity contribution in [2.24, 2.45) is 0 Å². The average molecular weight is 295 g/mol.